The Hall–Kier alpha value is -5.64. The van der Waals surface area contributed by atoms with Crippen LogP contribution in [0, 0.1) is 0 Å². The molecule has 0 aromatic heterocycles. The second kappa shape index (κ2) is 18.2. The van der Waals surface area contributed by atoms with Crippen molar-refractivity contribution >= 4 is 29.6 Å². The van der Waals surface area contributed by atoms with Crippen molar-refractivity contribution < 1.29 is 33.8 Å². The van der Waals surface area contributed by atoms with E-state index in [0.29, 0.717) is 42.5 Å². The van der Waals surface area contributed by atoms with Gasteiger partial charge in [0.2, 0.25) is 5.91 Å². The molecular formula is C43H51N3O7. The molecule has 4 aromatic rings. The van der Waals surface area contributed by atoms with Gasteiger partial charge in [0.05, 0.1) is 0 Å². The first-order chi connectivity index (χ1) is 25.0. The smallest absolute Gasteiger partial charge is 0.408 e. The standard InChI is InChI=1S/C43H51N3O7/c1-42(2,3)52-40(50)36(25-20-29-13-9-7-10-14-29)45-38(48)33-22-26-35(32(28-33)21-17-30-18-23-34(47)24-19-30)44-39(49)37(27-31-15-11-8-12-16-31)46-41(51)53-43(4,5)6/h7-16,18-19,22-24,26,28,36-37,47H,17,20-21,25,27H2,1-6H3,(H,44,49)(H,45,48)(H,46,51)/t36-,37-/m0/s1. The van der Waals surface area contributed by atoms with Crippen LogP contribution in [0.5, 0.6) is 5.75 Å². The van der Waals surface area contributed by atoms with E-state index in [1.54, 1.807) is 71.9 Å². The number of carbonyl (C=O) groups excluding carboxylic acids is 4. The highest BCUT2D eigenvalue weighted by Gasteiger charge is 2.28. The molecule has 2 atom stereocenters. The number of hydrogen-bond acceptors (Lipinski definition) is 7. The molecule has 0 heterocycles. The number of ether oxygens (including phenoxy) is 2. The van der Waals surface area contributed by atoms with E-state index < -0.39 is 47.2 Å². The van der Waals surface area contributed by atoms with Gasteiger partial charge in [-0.05, 0) is 120 Å². The van der Waals surface area contributed by atoms with Gasteiger partial charge in [-0.2, -0.15) is 0 Å². The molecule has 53 heavy (non-hydrogen) atoms. The third kappa shape index (κ3) is 13.8. The van der Waals surface area contributed by atoms with Gasteiger partial charge in [-0.3, -0.25) is 9.59 Å². The molecule has 0 saturated heterocycles. The number of anilines is 1. The minimum absolute atomic E-state index is 0.147. The maximum absolute atomic E-state index is 13.9. The quantitative estimate of drug-likeness (QED) is 0.1000. The van der Waals surface area contributed by atoms with Crippen LogP contribution < -0.4 is 16.0 Å². The van der Waals surface area contributed by atoms with Gasteiger partial charge in [0.25, 0.3) is 5.91 Å². The number of aryl methyl sites for hydroxylation is 3. The molecule has 4 aromatic carbocycles. The van der Waals surface area contributed by atoms with Crippen LogP contribution in [0.1, 0.15) is 80.6 Å². The number of phenolic OH excluding ortho intramolecular Hbond substituents is 1. The average molecular weight is 722 g/mol. The molecule has 0 spiro atoms. The number of amides is 3. The highest BCUT2D eigenvalue weighted by atomic mass is 16.6. The Balaban J connectivity index is 1.61. The van der Waals surface area contributed by atoms with E-state index in [9.17, 15) is 24.3 Å². The molecule has 0 unspecified atom stereocenters. The van der Waals surface area contributed by atoms with Gasteiger partial charge in [-0.15, -0.1) is 0 Å². The first-order valence-corrected chi connectivity index (χ1v) is 17.9. The van der Waals surface area contributed by atoms with Crippen molar-refractivity contribution in [3.05, 3.63) is 131 Å². The number of esters is 1. The number of nitrogens with one attached hydrogen (secondary N) is 3. The minimum atomic E-state index is -0.973. The zero-order valence-electron chi connectivity index (χ0n) is 31.4. The van der Waals surface area contributed by atoms with E-state index in [1.807, 2.05) is 72.8 Å². The number of carbonyl (C=O) groups is 4. The zero-order chi connectivity index (χ0) is 38.6. The summed E-state index contributed by atoms with van der Waals surface area (Å²) in [6.45, 7) is 10.6. The van der Waals surface area contributed by atoms with E-state index in [2.05, 4.69) is 16.0 Å². The molecule has 0 fully saturated rings. The van der Waals surface area contributed by atoms with Gasteiger partial charge in [-0.25, -0.2) is 9.59 Å². The number of alkyl carbamates (subject to hydrolysis) is 1. The zero-order valence-corrected chi connectivity index (χ0v) is 31.4. The van der Waals surface area contributed by atoms with Crippen LogP contribution in [0.2, 0.25) is 0 Å². The van der Waals surface area contributed by atoms with Crippen molar-refractivity contribution in [2.75, 3.05) is 5.32 Å². The Morgan fingerprint density at radius 2 is 1.23 bits per heavy atom. The Bertz CT molecular complexity index is 1830. The number of hydrogen-bond donors (Lipinski definition) is 4. The lowest BCUT2D eigenvalue weighted by Crippen LogP contribution is -2.47. The third-order valence-corrected chi connectivity index (χ3v) is 8.10. The van der Waals surface area contributed by atoms with Crippen molar-refractivity contribution in [2.24, 2.45) is 0 Å². The van der Waals surface area contributed by atoms with E-state index in [-0.39, 0.29) is 12.2 Å². The molecule has 10 nitrogen and oxygen atoms in total. The molecule has 0 saturated carbocycles. The molecular weight excluding hydrogens is 670 g/mol. The monoisotopic (exact) mass is 721 g/mol. The van der Waals surface area contributed by atoms with Crippen LogP contribution in [0.25, 0.3) is 0 Å². The van der Waals surface area contributed by atoms with Crippen molar-refractivity contribution in [3.8, 4) is 5.75 Å². The molecule has 10 heteroatoms. The molecule has 4 N–H and O–H groups in total. The highest BCUT2D eigenvalue weighted by Crippen LogP contribution is 2.23. The first-order valence-electron chi connectivity index (χ1n) is 17.9. The second-order valence-corrected chi connectivity index (χ2v) is 15.0. The Kier molecular flexibility index (Phi) is 13.8. The van der Waals surface area contributed by atoms with Gasteiger partial charge in [-0.1, -0.05) is 72.8 Å². The topological polar surface area (TPSA) is 143 Å². The SMILES string of the molecule is CC(C)(C)OC(=O)N[C@@H](Cc1ccccc1)C(=O)Nc1ccc(C(=O)N[C@@H](CCc2ccccc2)C(=O)OC(C)(C)C)cc1CCc1ccc(O)cc1. The lowest BCUT2D eigenvalue weighted by Gasteiger charge is -2.25. The minimum Gasteiger partial charge on any atom is -0.508 e. The summed E-state index contributed by atoms with van der Waals surface area (Å²) in [5.74, 6) is -1.31. The lowest BCUT2D eigenvalue weighted by molar-refractivity contribution is -0.157. The van der Waals surface area contributed by atoms with Crippen LogP contribution in [-0.2, 0) is 44.7 Å². The molecule has 280 valence electrons. The lowest BCUT2D eigenvalue weighted by atomic mass is 9.99. The number of aromatic hydroxyl groups is 1. The Morgan fingerprint density at radius 1 is 0.642 bits per heavy atom. The molecule has 0 bridgehead atoms. The summed E-state index contributed by atoms with van der Waals surface area (Å²) in [7, 11) is 0. The van der Waals surface area contributed by atoms with Crippen LogP contribution >= 0.6 is 0 Å². The van der Waals surface area contributed by atoms with E-state index in [0.717, 1.165) is 16.7 Å². The number of rotatable bonds is 14. The molecule has 0 radical (unpaired) electrons. The molecule has 0 aliphatic carbocycles. The van der Waals surface area contributed by atoms with Gasteiger partial charge in [0.15, 0.2) is 0 Å². The predicted molar refractivity (Wildman–Crippen MR) is 206 cm³/mol. The van der Waals surface area contributed by atoms with Crippen molar-refractivity contribution in [1.29, 1.82) is 0 Å². The van der Waals surface area contributed by atoms with E-state index in [4.69, 9.17) is 9.47 Å². The highest BCUT2D eigenvalue weighted by molar-refractivity contribution is 6.00. The van der Waals surface area contributed by atoms with Crippen LogP contribution in [0.3, 0.4) is 0 Å². The van der Waals surface area contributed by atoms with Crippen molar-refractivity contribution in [1.82, 2.24) is 10.6 Å². The summed E-state index contributed by atoms with van der Waals surface area (Å²) in [5.41, 5.74) is 2.72. The largest absolute Gasteiger partial charge is 0.508 e. The fourth-order valence-corrected chi connectivity index (χ4v) is 5.55. The number of benzene rings is 4. The van der Waals surface area contributed by atoms with E-state index >= 15 is 0 Å². The maximum atomic E-state index is 13.9. The summed E-state index contributed by atoms with van der Waals surface area (Å²) in [5, 5.41) is 18.4. The predicted octanol–water partition coefficient (Wildman–Crippen LogP) is 7.32. The molecule has 4 rings (SSSR count). The van der Waals surface area contributed by atoms with Gasteiger partial charge in [0.1, 0.15) is 29.0 Å². The fourth-order valence-electron chi connectivity index (χ4n) is 5.55. The van der Waals surface area contributed by atoms with Crippen LogP contribution in [0.15, 0.2) is 103 Å². The Morgan fingerprint density at radius 3 is 1.83 bits per heavy atom. The second-order valence-electron chi connectivity index (χ2n) is 15.0. The van der Waals surface area contributed by atoms with Crippen molar-refractivity contribution in [3.63, 3.8) is 0 Å². The summed E-state index contributed by atoms with van der Waals surface area (Å²) in [4.78, 5) is 53.8. The van der Waals surface area contributed by atoms with Crippen LogP contribution in [-0.4, -0.2) is 52.3 Å². The molecule has 0 aliphatic rings. The van der Waals surface area contributed by atoms with Gasteiger partial charge >= 0.3 is 12.1 Å². The normalized spacial score (nSPS) is 12.6. The first kappa shape index (κ1) is 40.1. The summed E-state index contributed by atoms with van der Waals surface area (Å²) in [6, 6.07) is 28.9. The fraction of sp³-hybridized carbons (Fsp3) is 0.349. The average Bonchev–Trinajstić information content (AvgIpc) is 3.09. The number of phenols is 1. The summed E-state index contributed by atoms with van der Waals surface area (Å²) < 4.78 is 11.1. The van der Waals surface area contributed by atoms with Gasteiger partial charge < -0.3 is 30.5 Å². The van der Waals surface area contributed by atoms with Gasteiger partial charge in [0, 0.05) is 17.7 Å². The summed E-state index contributed by atoms with van der Waals surface area (Å²) in [6.07, 6.45) is 1.34. The Labute approximate surface area is 312 Å². The molecule has 0 aliphatic heterocycles. The van der Waals surface area contributed by atoms with E-state index in [1.165, 1.54) is 0 Å². The van der Waals surface area contributed by atoms with Crippen molar-refractivity contribution in [2.45, 2.75) is 96.9 Å². The third-order valence-electron chi connectivity index (χ3n) is 8.10. The van der Waals surface area contributed by atoms with Crippen LogP contribution in [0.4, 0.5) is 10.5 Å². The summed E-state index contributed by atoms with van der Waals surface area (Å²) >= 11 is 0. The maximum Gasteiger partial charge on any atom is 0.408 e. The molecule has 3 amide bonds.